The lowest BCUT2D eigenvalue weighted by atomic mass is 10.1. The van der Waals surface area contributed by atoms with Gasteiger partial charge in [-0.3, -0.25) is 4.79 Å². The first kappa shape index (κ1) is 13.4. The zero-order chi connectivity index (χ0) is 10.8. The highest BCUT2D eigenvalue weighted by atomic mass is 16.5. The van der Waals surface area contributed by atoms with Crippen molar-refractivity contribution in [1.82, 2.24) is 0 Å². The summed E-state index contributed by atoms with van der Waals surface area (Å²) < 4.78 is 10.1. The first-order chi connectivity index (χ1) is 6.66. The van der Waals surface area contributed by atoms with Crippen LogP contribution in [-0.2, 0) is 14.3 Å². The van der Waals surface area contributed by atoms with E-state index in [2.05, 4.69) is 13.8 Å². The van der Waals surface area contributed by atoms with E-state index in [1.807, 2.05) is 6.92 Å². The maximum atomic E-state index is 11.1. The van der Waals surface area contributed by atoms with E-state index in [0.29, 0.717) is 32.2 Å². The van der Waals surface area contributed by atoms with Crippen LogP contribution >= 0.6 is 0 Å². The van der Waals surface area contributed by atoms with E-state index >= 15 is 0 Å². The Hall–Kier alpha value is -0.570. The molecule has 0 aromatic carbocycles. The van der Waals surface area contributed by atoms with Crippen molar-refractivity contribution < 1.29 is 14.3 Å². The van der Waals surface area contributed by atoms with Gasteiger partial charge < -0.3 is 9.47 Å². The molecule has 0 spiro atoms. The lowest BCUT2D eigenvalue weighted by Gasteiger charge is -2.06. The molecule has 0 N–H and O–H groups in total. The topological polar surface area (TPSA) is 35.5 Å². The summed E-state index contributed by atoms with van der Waals surface area (Å²) >= 11 is 0. The first-order valence-corrected chi connectivity index (χ1v) is 5.40. The average molecular weight is 202 g/mol. The van der Waals surface area contributed by atoms with Crippen LogP contribution in [0, 0.1) is 5.92 Å². The second kappa shape index (κ2) is 9.00. The van der Waals surface area contributed by atoms with Gasteiger partial charge in [-0.25, -0.2) is 0 Å². The quantitative estimate of drug-likeness (QED) is 0.448. The fourth-order valence-corrected chi connectivity index (χ4v) is 1.05. The minimum Gasteiger partial charge on any atom is -0.466 e. The number of esters is 1. The molecule has 0 fully saturated rings. The molecule has 0 radical (unpaired) electrons. The SMILES string of the molecule is CCOCCC(=O)OCCCC(C)C. The predicted octanol–water partition coefficient (Wildman–Crippen LogP) is 2.39. The molecular formula is C11H22O3. The molecule has 0 aromatic rings. The van der Waals surface area contributed by atoms with Gasteiger partial charge in [0.15, 0.2) is 0 Å². The molecule has 0 rings (SSSR count). The molecule has 0 saturated heterocycles. The maximum Gasteiger partial charge on any atom is 0.308 e. The lowest BCUT2D eigenvalue weighted by Crippen LogP contribution is -2.09. The molecule has 0 aromatic heterocycles. The van der Waals surface area contributed by atoms with Crippen LogP contribution in [-0.4, -0.2) is 25.8 Å². The van der Waals surface area contributed by atoms with Crippen molar-refractivity contribution in [2.75, 3.05) is 19.8 Å². The van der Waals surface area contributed by atoms with E-state index in [0.717, 1.165) is 12.8 Å². The van der Waals surface area contributed by atoms with Gasteiger partial charge in [0.2, 0.25) is 0 Å². The third kappa shape index (κ3) is 9.52. The van der Waals surface area contributed by atoms with E-state index in [9.17, 15) is 4.79 Å². The molecule has 0 saturated carbocycles. The van der Waals surface area contributed by atoms with Gasteiger partial charge in [0.05, 0.1) is 19.6 Å². The van der Waals surface area contributed by atoms with Gasteiger partial charge >= 0.3 is 5.97 Å². The maximum absolute atomic E-state index is 11.1. The standard InChI is InChI=1S/C11H22O3/c1-4-13-9-7-11(12)14-8-5-6-10(2)3/h10H,4-9H2,1-3H3. The lowest BCUT2D eigenvalue weighted by molar-refractivity contribution is -0.145. The summed E-state index contributed by atoms with van der Waals surface area (Å²) in [6.07, 6.45) is 2.44. The van der Waals surface area contributed by atoms with Gasteiger partial charge in [-0.1, -0.05) is 13.8 Å². The summed E-state index contributed by atoms with van der Waals surface area (Å²) in [5.41, 5.74) is 0. The van der Waals surface area contributed by atoms with Gasteiger partial charge in [0.1, 0.15) is 0 Å². The van der Waals surface area contributed by atoms with E-state index in [1.165, 1.54) is 0 Å². The van der Waals surface area contributed by atoms with E-state index in [-0.39, 0.29) is 5.97 Å². The summed E-state index contributed by atoms with van der Waals surface area (Å²) in [6.45, 7) is 7.91. The molecule has 3 nitrogen and oxygen atoms in total. The number of carbonyl (C=O) groups is 1. The van der Waals surface area contributed by atoms with Crippen LogP contribution in [0.3, 0.4) is 0 Å². The van der Waals surface area contributed by atoms with E-state index < -0.39 is 0 Å². The molecule has 0 atom stereocenters. The minimum absolute atomic E-state index is 0.151. The number of hydrogen-bond acceptors (Lipinski definition) is 3. The Morgan fingerprint density at radius 2 is 2.00 bits per heavy atom. The van der Waals surface area contributed by atoms with Gasteiger partial charge in [-0.15, -0.1) is 0 Å². The molecule has 0 heterocycles. The molecule has 0 unspecified atom stereocenters. The van der Waals surface area contributed by atoms with E-state index in [4.69, 9.17) is 9.47 Å². The summed E-state index contributed by atoms with van der Waals surface area (Å²) in [5, 5.41) is 0. The smallest absolute Gasteiger partial charge is 0.308 e. The number of rotatable bonds is 8. The summed E-state index contributed by atoms with van der Waals surface area (Å²) in [7, 11) is 0. The third-order valence-corrected chi connectivity index (χ3v) is 1.84. The highest BCUT2D eigenvalue weighted by Gasteiger charge is 2.02. The molecule has 0 aliphatic rings. The second-order valence-electron chi connectivity index (χ2n) is 3.70. The van der Waals surface area contributed by atoms with Crippen LogP contribution in [0.15, 0.2) is 0 Å². The Labute approximate surface area is 86.8 Å². The Morgan fingerprint density at radius 3 is 2.57 bits per heavy atom. The van der Waals surface area contributed by atoms with Crippen molar-refractivity contribution in [2.24, 2.45) is 5.92 Å². The number of hydrogen-bond donors (Lipinski definition) is 0. The molecule has 0 aliphatic heterocycles. The second-order valence-corrected chi connectivity index (χ2v) is 3.70. The van der Waals surface area contributed by atoms with Crippen molar-refractivity contribution in [2.45, 2.75) is 40.0 Å². The van der Waals surface area contributed by atoms with Gasteiger partial charge in [0.25, 0.3) is 0 Å². The highest BCUT2D eigenvalue weighted by molar-refractivity contribution is 5.69. The molecule has 14 heavy (non-hydrogen) atoms. The molecule has 0 amide bonds. The number of ether oxygens (including phenoxy) is 2. The molecule has 3 heteroatoms. The Bertz CT molecular complexity index is 143. The molecule has 0 aliphatic carbocycles. The Kier molecular flexibility index (Phi) is 8.64. The average Bonchev–Trinajstić information content (AvgIpc) is 2.13. The predicted molar refractivity (Wildman–Crippen MR) is 56.1 cm³/mol. The van der Waals surface area contributed by atoms with Crippen molar-refractivity contribution in [1.29, 1.82) is 0 Å². The first-order valence-electron chi connectivity index (χ1n) is 5.40. The summed E-state index contributed by atoms with van der Waals surface area (Å²) in [6, 6.07) is 0. The minimum atomic E-state index is -0.151. The van der Waals surface area contributed by atoms with Crippen LogP contribution in [0.5, 0.6) is 0 Å². The third-order valence-electron chi connectivity index (χ3n) is 1.84. The Balaban J connectivity index is 3.18. The van der Waals surface area contributed by atoms with Crippen molar-refractivity contribution in [3.63, 3.8) is 0 Å². The molecule has 0 bridgehead atoms. The highest BCUT2D eigenvalue weighted by Crippen LogP contribution is 2.03. The fraction of sp³-hybridized carbons (Fsp3) is 0.909. The zero-order valence-corrected chi connectivity index (χ0v) is 9.54. The van der Waals surface area contributed by atoms with Crippen molar-refractivity contribution in [3.8, 4) is 0 Å². The van der Waals surface area contributed by atoms with E-state index in [1.54, 1.807) is 0 Å². The van der Waals surface area contributed by atoms with Gasteiger partial charge in [-0.2, -0.15) is 0 Å². The molecule has 84 valence electrons. The van der Waals surface area contributed by atoms with Crippen molar-refractivity contribution >= 4 is 5.97 Å². The van der Waals surface area contributed by atoms with Gasteiger partial charge in [-0.05, 0) is 25.7 Å². The van der Waals surface area contributed by atoms with Gasteiger partial charge in [0, 0.05) is 6.61 Å². The summed E-state index contributed by atoms with van der Waals surface area (Å²) in [4.78, 5) is 11.1. The van der Waals surface area contributed by atoms with Crippen LogP contribution < -0.4 is 0 Å². The van der Waals surface area contributed by atoms with Crippen LogP contribution in [0.1, 0.15) is 40.0 Å². The van der Waals surface area contributed by atoms with Crippen LogP contribution in [0.4, 0.5) is 0 Å². The monoisotopic (exact) mass is 202 g/mol. The fourth-order valence-electron chi connectivity index (χ4n) is 1.05. The largest absolute Gasteiger partial charge is 0.466 e. The normalized spacial score (nSPS) is 10.6. The number of carbonyl (C=O) groups excluding carboxylic acids is 1. The zero-order valence-electron chi connectivity index (χ0n) is 9.54. The van der Waals surface area contributed by atoms with Crippen molar-refractivity contribution in [3.05, 3.63) is 0 Å². The van der Waals surface area contributed by atoms with Crippen LogP contribution in [0.25, 0.3) is 0 Å². The Morgan fingerprint density at radius 1 is 1.29 bits per heavy atom. The molecular weight excluding hydrogens is 180 g/mol. The van der Waals surface area contributed by atoms with Crippen LogP contribution in [0.2, 0.25) is 0 Å². The summed E-state index contributed by atoms with van der Waals surface area (Å²) in [5.74, 6) is 0.527.